The molecule has 0 bridgehead atoms. The quantitative estimate of drug-likeness (QED) is 0.113. The lowest BCUT2D eigenvalue weighted by Crippen LogP contribution is -2.09. The van der Waals surface area contributed by atoms with Gasteiger partial charge in [-0.05, 0) is 194 Å². The highest BCUT2D eigenvalue weighted by molar-refractivity contribution is 6.22. The Balaban J connectivity index is 0.736. The van der Waals surface area contributed by atoms with E-state index in [0.29, 0.717) is 0 Å². The van der Waals surface area contributed by atoms with Gasteiger partial charge in [-0.25, -0.2) is 0 Å². The molecule has 17 aromatic rings. The van der Waals surface area contributed by atoms with Crippen LogP contribution in [0.4, 0.5) is 34.1 Å². The number of hydrogen-bond donors (Lipinski definition) is 0. The fourth-order valence-corrected chi connectivity index (χ4v) is 14.1. The molecule has 2 heterocycles. The first-order valence-electron chi connectivity index (χ1n) is 31.3. The molecule has 0 atom stereocenters. The van der Waals surface area contributed by atoms with Crippen LogP contribution >= 0.6 is 0 Å². The molecule has 0 amide bonds. The summed E-state index contributed by atoms with van der Waals surface area (Å²) in [6.07, 6.45) is 0. The van der Waals surface area contributed by atoms with Gasteiger partial charge in [-0.3, -0.25) is 0 Å². The van der Waals surface area contributed by atoms with E-state index in [4.69, 9.17) is 0 Å². The molecular formula is C87H60N4. The Kier molecular flexibility index (Phi) is 13.1. The Morgan fingerprint density at radius 3 is 0.934 bits per heavy atom. The van der Waals surface area contributed by atoms with E-state index in [1.54, 1.807) is 0 Å². The second kappa shape index (κ2) is 22.3. The Labute approximate surface area is 529 Å². The number of para-hydroxylation sites is 4. The zero-order valence-corrected chi connectivity index (χ0v) is 50.2. The van der Waals surface area contributed by atoms with Crippen molar-refractivity contribution in [2.24, 2.45) is 0 Å². The average Bonchev–Trinajstić information content (AvgIpc) is 1.78. The molecule has 0 spiro atoms. The maximum absolute atomic E-state index is 2.40. The van der Waals surface area contributed by atoms with Crippen LogP contribution in [0.15, 0.2) is 346 Å². The molecule has 0 N–H and O–H groups in total. The number of hydrogen-bond acceptors (Lipinski definition) is 2. The number of rotatable bonds is 12. The molecule has 0 saturated carbocycles. The van der Waals surface area contributed by atoms with Gasteiger partial charge in [0, 0.05) is 67.0 Å². The van der Waals surface area contributed by atoms with Crippen LogP contribution in [0.25, 0.3) is 121 Å². The molecule has 4 heteroatoms. The van der Waals surface area contributed by atoms with Crippen LogP contribution in [0.1, 0.15) is 5.56 Å². The molecule has 4 nitrogen and oxygen atoms in total. The molecule has 2 aromatic heterocycles. The van der Waals surface area contributed by atoms with E-state index in [0.717, 1.165) is 45.5 Å². The third-order valence-corrected chi connectivity index (χ3v) is 18.3. The minimum absolute atomic E-state index is 1.08. The van der Waals surface area contributed by atoms with Gasteiger partial charge in [0.25, 0.3) is 0 Å². The van der Waals surface area contributed by atoms with Crippen molar-refractivity contribution in [3.8, 4) is 55.9 Å². The van der Waals surface area contributed by atoms with Gasteiger partial charge < -0.3 is 18.9 Å². The van der Waals surface area contributed by atoms with Gasteiger partial charge in [0.05, 0.1) is 22.1 Å². The molecule has 15 aromatic carbocycles. The summed E-state index contributed by atoms with van der Waals surface area (Å²) in [6, 6.07) is 127. The summed E-state index contributed by atoms with van der Waals surface area (Å²) in [6.45, 7) is 2.21. The number of nitrogens with zero attached hydrogens (tertiary/aromatic N) is 4. The summed E-state index contributed by atoms with van der Waals surface area (Å²) in [4.78, 5) is 4.78. The summed E-state index contributed by atoms with van der Waals surface area (Å²) in [5.41, 5.74) is 24.3. The zero-order valence-electron chi connectivity index (χ0n) is 50.2. The van der Waals surface area contributed by atoms with Crippen LogP contribution in [0.3, 0.4) is 0 Å². The molecule has 0 saturated heterocycles. The van der Waals surface area contributed by atoms with Crippen LogP contribution in [0, 0.1) is 6.92 Å². The van der Waals surface area contributed by atoms with Gasteiger partial charge in [0.1, 0.15) is 0 Å². The summed E-state index contributed by atoms with van der Waals surface area (Å²) in [5, 5.41) is 9.72. The molecule has 0 aliphatic heterocycles. The van der Waals surface area contributed by atoms with Crippen LogP contribution < -0.4 is 9.80 Å². The number of anilines is 6. The summed E-state index contributed by atoms with van der Waals surface area (Å²) < 4.78 is 4.80. The maximum atomic E-state index is 2.40. The van der Waals surface area contributed by atoms with Gasteiger partial charge in [-0.1, -0.05) is 230 Å². The van der Waals surface area contributed by atoms with E-state index in [1.807, 2.05) is 0 Å². The molecule has 0 fully saturated rings. The van der Waals surface area contributed by atoms with Crippen molar-refractivity contribution in [1.82, 2.24) is 9.13 Å². The van der Waals surface area contributed by atoms with Gasteiger partial charge in [0.15, 0.2) is 0 Å². The predicted octanol–water partition coefficient (Wildman–Crippen LogP) is 24.1. The molecule has 0 aliphatic rings. The van der Waals surface area contributed by atoms with Crippen molar-refractivity contribution in [2.75, 3.05) is 9.80 Å². The van der Waals surface area contributed by atoms with Crippen LogP contribution in [-0.4, -0.2) is 9.13 Å². The van der Waals surface area contributed by atoms with Gasteiger partial charge in [0.2, 0.25) is 0 Å². The number of aryl methyl sites for hydroxylation is 1. The third-order valence-electron chi connectivity index (χ3n) is 18.3. The Hall–Kier alpha value is -12.0. The lowest BCUT2D eigenvalue weighted by atomic mass is 9.85. The second-order valence-electron chi connectivity index (χ2n) is 23.7. The minimum atomic E-state index is 1.08. The SMILES string of the molecule is Cc1ccc2c(-c3ccc(N(c4ccccc4)c4ccc5c(c4)c4ccccc4n5-c4ccc(-c5ccccc5)cc4)cc3)c3ccccc3c(-c3ccc(N(c4ccccc4)c4ccc5c(c4)c4ccccc4n5-c4ccc(-c5ccccc5)cc4)cc3)c2c1. The second-order valence-corrected chi connectivity index (χ2v) is 23.7. The third kappa shape index (κ3) is 9.31. The van der Waals surface area contributed by atoms with Crippen LogP contribution in [0.2, 0.25) is 0 Å². The highest BCUT2D eigenvalue weighted by Crippen LogP contribution is 2.48. The normalized spacial score (nSPS) is 11.6. The van der Waals surface area contributed by atoms with Gasteiger partial charge >= 0.3 is 0 Å². The Morgan fingerprint density at radius 2 is 0.505 bits per heavy atom. The first-order chi connectivity index (χ1) is 45.1. The van der Waals surface area contributed by atoms with Gasteiger partial charge in [-0.2, -0.15) is 0 Å². The van der Waals surface area contributed by atoms with Crippen molar-refractivity contribution >= 4 is 99.3 Å². The molecule has 0 unspecified atom stereocenters. The van der Waals surface area contributed by atoms with Gasteiger partial charge in [-0.15, -0.1) is 0 Å². The monoisotopic (exact) mass is 1160 g/mol. The van der Waals surface area contributed by atoms with E-state index < -0.39 is 0 Å². The molecule has 0 radical (unpaired) electrons. The number of fused-ring (bicyclic) bond motifs is 8. The lowest BCUT2D eigenvalue weighted by Gasteiger charge is -2.26. The van der Waals surface area contributed by atoms with Crippen LogP contribution in [0.5, 0.6) is 0 Å². The summed E-state index contributed by atoms with van der Waals surface area (Å²) >= 11 is 0. The van der Waals surface area contributed by atoms with E-state index >= 15 is 0 Å². The number of benzene rings is 15. The minimum Gasteiger partial charge on any atom is -0.310 e. The summed E-state index contributed by atoms with van der Waals surface area (Å²) in [5.74, 6) is 0. The predicted molar refractivity (Wildman–Crippen MR) is 386 cm³/mol. The highest BCUT2D eigenvalue weighted by atomic mass is 15.1. The maximum Gasteiger partial charge on any atom is 0.0542 e. The van der Waals surface area contributed by atoms with Crippen LogP contribution in [-0.2, 0) is 0 Å². The highest BCUT2D eigenvalue weighted by Gasteiger charge is 2.23. The Morgan fingerprint density at radius 1 is 0.198 bits per heavy atom. The molecule has 17 rings (SSSR count). The van der Waals surface area contributed by atoms with E-state index in [1.165, 1.54) is 115 Å². The topological polar surface area (TPSA) is 16.3 Å². The molecule has 428 valence electrons. The number of aromatic nitrogens is 2. The lowest BCUT2D eigenvalue weighted by molar-refractivity contribution is 1.18. The first kappa shape index (κ1) is 53.3. The Bertz CT molecular complexity index is 5540. The summed E-state index contributed by atoms with van der Waals surface area (Å²) in [7, 11) is 0. The van der Waals surface area contributed by atoms with Crippen molar-refractivity contribution in [3.63, 3.8) is 0 Å². The molecule has 0 aliphatic carbocycles. The zero-order chi connectivity index (χ0) is 60.4. The first-order valence-corrected chi connectivity index (χ1v) is 31.3. The van der Waals surface area contributed by atoms with E-state index in [2.05, 4.69) is 372 Å². The fourth-order valence-electron chi connectivity index (χ4n) is 14.1. The smallest absolute Gasteiger partial charge is 0.0542 e. The van der Waals surface area contributed by atoms with E-state index in [-0.39, 0.29) is 0 Å². The molecule has 91 heavy (non-hydrogen) atoms. The van der Waals surface area contributed by atoms with Crippen molar-refractivity contribution in [1.29, 1.82) is 0 Å². The standard InChI is InChI=1S/C87H60N4/c1-59-34-53-78-81(56-59)87(65-41-49-69(50-42-65)89(67-26-12-5-13-27-67)73-52-55-85-80(58-73)75-29-17-19-33-83(75)91(85)71-45-37-63(38-46-71)61-22-8-3-9-23-61)77-31-15-14-30-76(77)86(78)64-39-47-68(48-40-64)88(66-24-10-4-11-25-66)72-51-54-84-79(57-72)74-28-16-18-32-82(74)90(84)70-43-35-62(36-44-70)60-20-6-2-7-21-60/h2-58H,1H3. The largest absolute Gasteiger partial charge is 0.310 e. The fraction of sp³-hybridized carbons (Fsp3) is 0.0115. The average molecular weight is 1160 g/mol. The van der Waals surface area contributed by atoms with Crippen molar-refractivity contribution in [3.05, 3.63) is 351 Å². The van der Waals surface area contributed by atoms with Crippen molar-refractivity contribution in [2.45, 2.75) is 6.92 Å². The van der Waals surface area contributed by atoms with Crippen molar-refractivity contribution < 1.29 is 0 Å². The molecular weight excluding hydrogens is 1100 g/mol. The van der Waals surface area contributed by atoms with E-state index in [9.17, 15) is 0 Å².